The maximum Gasteiger partial charge on any atom is 2.00 e. The van der Waals surface area contributed by atoms with E-state index in [0.717, 1.165) is 0 Å². The molecule has 0 saturated carbocycles. The monoisotopic (exact) mass is 487 g/mol. The van der Waals surface area contributed by atoms with Crippen LogP contribution in [0.15, 0.2) is 0 Å². The molecule has 0 saturated heterocycles. The van der Waals surface area contributed by atoms with Crippen LogP contribution in [0.25, 0.3) is 0 Å². The number of hydrogen-bond acceptors (Lipinski definition) is 0. The Morgan fingerprint density at radius 2 is 1.00 bits per heavy atom. The number of hydrogen-bond donors (Lipinski definition) is 0. The van der Waals surface area contributed by atoms with E-state index in [2.05, 4.69) is 0 Å². The predicted octanol–water partition coefficient (Wildman–Crippen LogP) is -0.0100. The molecular formula is CoCrPtTa+8. The minimum atomic E-state index is 0. The molecule has 0 aromatic carbocycles. The largest absolute Gasteiger partial charge is 2.00 e. The molecule has 0 aromatic heterocycles. The Morgan fingerprint density at radius 3 is 1.00 bits per heavy atom. The van der Waals surface area contributed by atoms with E-state index in [-0.39, 0.29) is 77.6 Å². The molecular weight excluding hydrogens is 487 g/mol. The van der Waals surface area contributed by atoms with Crippen molar-refractivity contribution in [1.82, 2.24) is 0 Å². The van der Waals surface area contributed by atoms with Crippen LogP contribution in [0.1, 0.15) is 0 Å². The van der Waals surface area contributed by atoms with E-state index in [4.69, 9.17) is 0 Å². The van der Waals surface area contributed by atoms with Crippen LogP contribution in [0.2, 0.25) is 0 Å². The molecule has 0 atom stereocenters. The Balaban J connectivity index is 0. The van der Waals surface area contributed by atoms with Crippen molar-refractivity contribution in [2.45, 2.75) is 0 Å². The molecule has 22 valence electrons. The Morgan fingerprint density at radius 1 is 1.00 bits per heavy atom. The molecule has 0 aromatic rings. The molecule has 0 heterocycles. The van der Waals surface area contributed by atoms with E-state index in [1.807, 2.05) is 0 Å². The zero-order chi connectivity index (χ0) is 0. The average molecular weight is 487 g/mol. The van der Waals surface area contributed by atoms with Crippen molar-refractivity contribution in [2.24, 2.45) is 0 Å². The molecule has 0 N–H and O–H groups in total. The molecule has 0 rings (SSSR count). The molecule has 0 bridgehead atoms. The standard InChI is InChI=1S/Co.Cr.Pt.Ta/q4*+2. The third-order valence-electron chi connectivity index (χ3n) is 0. The minimum absolute atomic E-state index is 0. The van der Waals surface area contributed by atoms with Gasteiger partial charge in [0.05, 0.1) is 0 Å². The molecule has 0 unspecified atom stereocenters. The van der Waals surface area contributed by atoms with E-state index in [1.165, 1.54) is 0 Å². The van der Waals surface area contributed by atoms with Crippen LogP contribution in [0.5, 0.6) is 0 Å². The third-order valence-corrected chi connectivity index (χ3v) is 0. The van der Waals surface area contributed by atoms with Gasteiger partial charge >= 0.3 is 77.6 Å². The first-order valence-electron chi connectivity index (χ1n) is 0. The van der Waals surface area contributed by atoms with E-state index >= 15 is 0 Å². The van der Waals surface area contributed by atoms with Crippen LogP contribution in [-0.4, -0.2) is 0 Å². The summed E-state index contributed by atoms with van der Waals surface area (Å²) >= 11 is 0. The van der Waals surface area contributed by atoms with E-state index in [9.17, 15) is 0 Å². The molecule has 2 radical (unpaired) electrons. The van der Waals surface area contributed by atoms with Gasteiger partial charge < -0.3 is 0 Å². The fraction of sp³-hybridized carbons (Fsp3) is 0. The van der Waals surface area contributed by atoms with E-state index in [0.29, 0.717) is 0 Å². The van der Waals surface area contributed by atoms with Gasteiger partial charge in [-0.3, -0.25) is 0 Å². The molecule has 4 heavy (non-hydrogen) atoms. The summed E-state index contributed by atoms with van der Waals surface area (Å²) in [4.78, 5) is 0. The first-order valence-corrected chi connectivity index (χ1v) is 0. The second kappa shape index (κ2) is 17.9. The summed E-state index contributed by atoms with van der Waals surface area (Å²) in [7, 11) is 0. The molecule has 4 heteroatoms. The summed E-state index contributed by atoms with van der Waals surface area (Å²) in [5.41, 5.74) is 0. The van der Waals surface area contributed by atoms with Crippen molar-refractivity contribution in [2.75, 3.05) is 0 Å². The molecule has 0 spiro atoms. The van der Waals surface area contributed by atoms with Gasteiger partial charge in [-0.25, -0.2) is 0 Å². The smallest absolute Gasteiger partial charge is 2.00 e. The summed E-state index contributed by atoms with van der Waals surface area (Å²) in [5.74, 6) is 0. The quantitative estimate of drug-likeness (QED) is 0.452. The zero-order valence-corrected chi connectivity index (χ0v) is 9.31. The van der Waals surface area contributed by atoms with Gasteiger partial charge in [0, 0.05) is 0 Å². The van der Waals surface area contributed by atoms with Crippen molar-refractivity contribution in [3.63, 3.8) is 0 Å². The second-order valence-electron chi connectivity index (χ2n) is 0. The summed E-state index contributed by atoms with van der Waals surface area (Å²) < 4.78 is 0. The molecule has 0 aliphatic carbocycles. The Kier molecular flexibility index (Phi) is 142. The summed E-state index contributed by atoms with van der Waals surface area (Å²) in [6, 6.07) is 0. The van der Waals surface area contributed by atoms with Crippen LogP contribution in [0.4, 0.5) is 0 Å². The van der Waals surface area contributed by atoms with Gasteiger partial charge in [0.25, 0.3) is 0 Å². The maximum atomic E-state index is 0. The van der Waals surface area contributed by atoms with Gasteiger partial charge in [-0.1, -0.05) is 0 Å². The van der Waals surface area contributed by atoms with E-state index in [1.54, 1.807) is 0 Å². The van der Waals surface area contributed by atoms with Crippen LogP contribution >= 0.6 is 0 Å². The molecule has 0 amide bonds. The summed E-state index contributed by atoms with van der Waals surface area (Å²) in [6.45, 7) is 0. The molecule has 0 nitrogen and oxygen atoms in total. The molecule has 0 aliphatic rings. The van der Waals surface area contributed by atoms with Crippen molar-refractivity contribution in [3.8, 4) is 0 Å². The summed E-state index contributed by atoms with van der Waals surface area (Å²) in [5, 5.41) is 0. The fourth-order valence-corrected chi connectivity index (χ4v) is 0. The van der Waals surface area contributed by atoms with Gasteiger partial charge in [-0.2, -0.15) is 0 Å². The Hall–Kier alpha value is 2.47. The van der Waals surface area contributed by atoms with Gasteiger partial charge in [-0.15, -0.1) is 0 Å². The topological polar surface area (TPSA) is 0 Å². The number of rotatable bonds is 0. The Labute approximate surface area is 76.6 Å². The average Bonchev–Trinajstić information content (AvgIpc) is 0. The van der Waals surface area contributed by atoms with Crippen LogP contribution < -0.4 is 0 Å². The van der Waals surface area contributed by atoms with Gasteiger partial charge in [0.1, 0.15) is 0 Å². The van der Waals surface area contributed by atoms with Crippen molar-refractivity contribution in [3.05, 3.63) is 0 Å². The third kappa shape index (κ3) is 8.82. The first-order chi connectivity index (χ1) is 0. The second-order valence-corrected chi connectivity index (χ2v) is 0. The SMILES string of the molecule is [Co+2].[Cr+2].[Pt+2].[Ta+2]. The first kappa shape index (κ1) is 31.8. The maximum absolute atomic E-state index is 0. The zero-order valence-electron chi connectivity index (χ0n) is 1.51. The normalized spacial score (nSPS) is 0. The van der Waals surface area contributed by atoms with Gasteiger partial charge in [-0.05, 0) is 0 Å². The fourth-order valence-electron chi connectivity index (χ4n) is 0. The molecule has 0 aliphatic heterocycles. The Bertz CT molecular complexity index is 8.00. The van der Waals surface area contributed by atoms with Crippen molar-refractivity contribution < 1.29 is 77.6 Å². The van der Waals surface area contributed by atoms with Crippen LogP contribution in [0.3, 0.4) is 0 Å². The van der Waals surface area contributed by atoms with Crippen molar-refractivity contribution in [1.29, 1.82) is 0 Å². The van der Waals surface area contributed by atoms with Gasteiger partial charge in [0.2, 0.25) is 0 Å². The van der Waals surface area contributed by atoms with E-state index < -0.39 is 0 Å². The van der Waals surface area contributed by atoms with Crippen molar-refractivity contribution >= 4 is 0 Å². The van der Waals surface area contributed by atoms with Crippen LogP contribution in [-0.2, 0) is 77.6 Å². The molecule has 0 fully saturated rings. The minimum Gasteiger partial charge on any atom is 2.00 e. The van der Waals surface area contributed by atoms with Crippen LogP contribution in [0, 0.1) is 0 Å². The van der Waals surface area contributed by atoms with Gasteiger partial charge in [0.15, 0.2) is 0 Å². The summed E-state index contributed by atoms with van der Waals surface area (Å²) in [6.07, 6.45) is 0. The predicted molar refractivity (Wildman–Crippen MR) is 0 cm³/mol.